The molecule has 2 fully saturated rings. The van der Waals surface area contributed by atoms with E-state index in [1.54, 1.807) is 0 Å². The third-order valence-electron chi connectivity index (χ3n) is 5.74. The second-order valence-corrected chi connectivity index (χ2v) is 11.3. The van der Waals surface area contributed by atoms with E-state index in [4.69, 9.17) is 20.3 Å². The molecule has 2 aliphatic rings. The van der Waals surface area contributed by atoms with E-state index in [0.29, 0.717) is 0 Å². The Morgan fingerprint density at radius 2 is 1.69 bits per heavy atom. The van der Waals surface area contributed by atoms with Crippen molar-refractivity contribution in [3.05, 3.63) is 16.7 Å². The normalized spacial score (nSPS) is 36.6. The fraction of sp³-hybridized carbons (Fsp3) is 0.688. The third-order valence-corrected chi connectivity index (χ3v) is 8.27. The number of phosphoric acid groups is 2. The van der Waals surface area contributed by atoms with E-state index in [1.165, 1.54) is 0 Å². The summed E-state index contributed by atoms with van der Waals surface area (Å²) in [5, 5.41) is 59.1. The van der Waals surface area contributed by atoms with Crippen LogP contribution in [-0.2, 0) is 32.0 Å². The van der Waals surface area contributed by atoms with Crippen LogP contribution in [0.25, 0.3) is 11.2 Å². The predicted octanol–water partition coefficient (Wildman–Crippen LogP) is -5.89. The summed E-state index contributed by atoms with van der Waals surface area (Å²) in [5.74, 6) is -0.292. The largest absolute Gasteiger partial charge is 0.756 e. The third kappa shape index (κ3) is 6.22. The molecule has 2 unspecified atom stereocenters. The van der Waals surface area contributed by atoms with Crippen LogP contribution in [0, 0.1) is 0 Å². The van der Waals surface area contributed by atoms with Crippen molar-refractivity contribution in [3.63, 3.8) is 0 Å². The monoisotopic (exact) mass is 603 g/mol. The Kier molecular flexibility index (Phi) is 8.60. The highest BCUT2D eigenvalue weighted by atomic mass is 31.3. The van der Waals surface area contributed by atoms with Crippen molar-refractivity contribution in [1.29, 1.82) is 0 Å². The van der Waals surface area contributed by atoms with Crippen LogP contribution in [0.2, 0.25) is 0 Å². The first-order chi connectivity index (χ1) is 18.1. The molecule has 23 heteroatoms. The maximum Gasteiger partial charge on any atom is 0.280 e. The Morgan fingerprint density at radius 1 is 1.03 bits per heavy atom. The highest BCUT2D eigenvalue weighted by molar-refractivity contribution is 7.59. The van der Waals surface area contributed by atoms with Gasteiger partial charge in [-0.15, -0.1) is 0 Å². The topological polar surface area (TPSA) is 337 Å². The van der Waals surface area contributed by atoms with E-state index in [0.717, 1.165) is 10.9 Å². The molecule has 0 bridgehead atoms. The number of nitrogens with one attached hydrogen (secondary N) is 1. The molecule has 4 heterocycles. The van der Waals surface area contributed by atoms with Crippen LogP contribution in [0.1, 0.15) is 6.23 Å². The summed E-state index contributed by atoms with van der Waals surface area (Å²) in [4.78, 5) is 46.1. The Labute approximate surface area is 216 Å². The van der Waals surface area contributed by atoms with Gasteiger partial charge in [0, 0.05) is 0 Å². The number of nitrogens with zero attached hydrogens (tertiary/aromatic N) is 3. The highest BCUT2D eigenvalue weighted by Gasteiger charge is 2.47. The van der Waals surface area contributed by atoms with Crippen molar-refractivity contribution in [3.8, 4) is 0 Å². The molecule has 9 N–H and O–H groups in total. The number of aromatic amines is 1. The molecule has 2 aromatic heterocycles. The average Bonchev–Trinajstić information content (AvgIpc) is 3.38. The van der Waals surface area contributed by atoms with Crippen LogP contribution in [0.3, 0.4) is 0 Å². The molecule has 21 nitrogen and oxygen atoms in total. The number of nitrogen functional groups attached to an aromatic ring is 1. The fourth-order valence-electron chi connectivity index (χ4n) is 3.84. The quantitative estimate of drug-likeness (QED) is 0.124. The van der Waals surface area contributed by atoms with E-state index in [9.17, 15) is 49.2 Å². The number of rotatable bonds is 9. The van der Waals surface area contributed by atoms with Gasteiger partial charge < -0.3 is 60.2 Å². The molecular weight excluding hydrogens is 580 g/mol. The molecule has 2 aromatic rings. The first kappa shape index (κ1) is 30.1. The van der Waals surface area contributed by atoms with E-state index >= 15 is 0 Å². The van der Waals surface area contributed by atoms with E-state index in [1.807, 2.05) is 0 Å². The maximum absolute atomic E-state index is 12.1. The number of hydrogen-bond donors (Lipinski definition) is 8. The molecular formula is C16H23N5O16P2-2. The number of aromatic nitrogens is 4. The first-order valence-corrected chi connectivity index (χ1v) is 13.8. The lowest BCUT2D eigenvalue weighted by Crippen LogP contribution is -2.59. The predicted molar refractivity (Wildman–Crippen MR) is 116 cm³/mol. The smallest absolute Gasteiger partial charge is 0.280 e. The second kappa shape index (κ2) is 11.2. The SMILES string of the molecule is Nc1nc2c(ncn2[C@@H]2O[C@H](COP(=O)([O-])OP(=O)([O-])O[C@H]3O[C@@H](CO)[C@@H](O)[C@H](O)[C@@H]3O)[C@@H](O)[C@H]2O)c(=O)[nH]1. The van der Waals surface area contributed by atoms with Gasteiger partial charge in [0.15, 0.2) is 23.7 Å². The number of anilines is 1. The molecule has 0 spiro atoms. The lowest BCUT2D eigenvalue weighted by molar-refractivity contribution is -0.305. The van der Waals surface area contributed by atoms with Crippen LogP contribution >= 0.6 is 15.6 Å². The molecule has 39 heavy (non-hydrogen) atoms. The van der Waals surface area contributed by atoms with Crippen LogP contribution in [0.4, 0.5) is 5.95 Å². The number of fused-ring (bicyclic) bond motifs is 1. The van der Waals surface area contributed by atoms with Crippen LogP contribution < -0.4 is 21.1 Å². The number of nitrogens with two attached hydrogens (primary N) is 1. The van der Waals surface area contributed by atoms with Gasteiger partial charge in [0.1, 0.15) is 42.7 Å². The Balaban J connectivity index is 1.39. The summed E-state index contributed by atoms with van der Waals surface area (Å²) in [6, 6.07) is 0. The summed E-state index contributed by atoms with van der Waals surface area (Å²) in [6.07, 6.45) is -15.5. The van der Waals surface area contributed by atoms with Crippen molar-refractivity contribution in [2.45, 2.75) is 55.2 Å². The Hall–Kier alpha value is -1.91. The van der Waals surface area contributed by atoms with Crippen molar-refractivity contribution < 1.29 is 72.4 Å². The van der Waals surface area contributed by atoms with Gasteiger partial charge in [-0.05, 0) is 0 Å². The summed E-state index contributed by atoms with van der Waals surface area (Å²) in [5.41, 5.74) is 4.48. The van der Waals surface area contributed by atoms with Gasteiger partial charge in [0.25, 0.3) is 21.2 Å². The number of phosphoric ester groups is 2. The van der Waals surface area contributed by atoms with E-state index in [-0.39, 0.29) is 17.1 Å². The molecule has 2 aliphatic heterocycles. The van der Waals surface area contributed by atoms with Gasteiger partial charge in [-0.2, -0.15) is 4.98 Å². The van der Waals surface area contributed by atoms with Crippen LogP contribution in [0.15, 0.2) is 11.1 Å². The van der Waals surface area contributed by atoms with Crippen molar-refractivity contribution in [1.82, 2.24) is 19.5 Å². The zero-order valence-electron chi connectivity index (χ0n) is 19.3. The molecule has 0 saturated carbocycles. The van der Waals surface area contributed by atoms with Gasteiger partial charge in [0.2, 0.25) is 5.95 Å². The summed E-state index contributed by atoms with van der Waals surface area (Å²) in [6.45, 7) is -2.01. The number of aliphatic hydroxyl groups excluding tert-OH is 6. The molecule has 0 aliphatic carbocycles. The molecule has 220 valence electrons. The zero-order chi connectivity index (χ0) is 28.9. The zero-order valence-corrected chi connectivity index (χ0v) is 21.1. The van der Waals surface area contributed by atoms with E-state index < -0.39 is 89.7 Å². The van der Waals surface area contributed by atoms with Gasteiger partial charge in [0.05, 0.1) is 19.5 Å². The fourth-order valence-corrected chi connectivity index (χ4v) is 5.92. The lowest BCUT2D eigenvalue weighted by atomic mass is 10.00. The minimum absolute atomic E-state index is 0.135. The molecule has 0 amide bonds. The Bertz CT molecular complexity index is 1340. The second-order valence-electron chi connectivity index (χ2n) is 8.40. The van der Waals surface area contributed by atoms with Gasteiger partial charge in [-0.1, -0.05) is 0 Å². The minimum Gasteiger partial charge on any atom is -0.756 e. The molecule has 4 rings (SSSR count). The molecule has 0 radical (unpaired) electrons. The highest BCUT2D eigenvalue weighted by Crippen LogP contribution is 2.57. The number of ether oxygens (including phenoxy) is 2. The summed E-state index contributed by atoms with van der Waals surface area (Å²) < 4.78 is 48.1. The Morgan fingerprint density at radius 3 is 2.36 bits per heavy atom. The number of aliphatic hydroxyl groups is 6. The summed E-state index contributed by atoms with van der Waals surface area (Å²) in [7, 11) is -11.7. The van der Waals surface area contributed by atoms with Gasteiger partial charge in [-0.3, -0.25) is 28.0 Å². The van der Waals surface area contributed by atoms with Crippen molar-refractivity contribution in [2.75, 3.05) is 18.9 Å². The average molecular weight is 603 g/mol. The molecule has 0 aromatic carbocycles. The summed E-state index contributed by atoms with van der Waals surface area (Å²) >= 11 is 0. The number of hydrogen-bond acceptors (Lipinski definition) is 19. The van der Waals surface area contributed by atoms with Crippen molar-refractivity contribution in [2.24, 2.45) is 0 Å². The van der Waals surface area contributed by atoms with Crippen molar-refractivity contribution >= 4 is 32.8 Å². The standard InChI is InChI=1S/C16H25N5O16P2/c17-16-19-12-6(13(28)20-16)18-3-21(12)14-10(26)8(24)5(34-14)2-33-38(29,30)37-39(31,32)36-15-11(27)9(25)7(23)4(1-22)35-15/h3-5,7-11,14-15,22-27H,1-2H2,(H,29,30)(H,31,32)(H3,17,19,20,28)/p-2/t4-,5+,7+,8+,9-,10+,11-,14+,15+/m0/s1. The molecule has 11 atom stereocenters. The maximum atomic E-state index is 12.1. The first-order valence-electron chi connectivity index (χ1n) is 10.8. The molecule has 2 saturated heterocycles. The van der Waals surface area contributed by atoms with Gasteiger partial charge in [-0.25, -0.2) is 9.29 Å². The van der Waals surface area contributed by atoms with Gasteiger partial charge >= 0.3 is 0 Å². The number of H-pyrrole nitrogens is 1. The number of imidazole rings is 1. The minimum atomic E-state index is -5.91. The lowest BCUT2D eigenvalue weighted by Gasteiger charge is -2.41. The van der Waals surface area contributed by atoms with E-state index in [2.05, 4.69) is 28.3 Å². The van der Waals surface area contributed by atoms with Crippen LogP contribution in [-0.4, -0.2) is 112 Å². The van der Waals surface area contributed by atoms with Crippen LogP contribution in [0.5, 0.6) is 0 Å².